The average molecular weight is 359 g/mol. The van der Waals surface area contributed by atoms with Gasteiger partial charge >= 0.3 is 0 Å². The topological polar surface area (TPSA) is 77.6 Å². The molecule has 1 aromatic carbocycles. The molecule has 0 aliphatic heterocycles. The predicted molar refractivity (Wildman–Crippen MR) is 94.6 cm³/mol. The highest BCUT2D eigenvalue weighted by atomic mass is 35.5. The van der Waals surface area contributed by atoms with E-state index in [1.807, 2.05) is 48.9 Å². The molecule has 0 atom stereocenters. The second-order valence-corrected chi connectivity index (χ2v) is 6.21. The zero-order valence-electron chi connectivity index (χ0n) is 14.1. The molecule has 2 heterocycles. The lowest BCUT2D eigenvalue weighted by atomic mass is 10.2. The van der Waals surface area contributed by atoms with Crippen LogP contribution in [0.15, 0.2) is 36.5 Å². The van der Waals surface area contributed by atoms with Gasteiger partial charge in [-0.1, -0.05) is 35.0 Å². The van der Waals surface area contributed by atoms with E-state index in [0.29, 0.717) is 24.7 Å². The first kappa shape index (κ1) is 17.2. The minimum atomic E-state index is -0.257. The van der Waals surface area contributed by atoms with Crippen LogP contribution in [0, 0.1) is 13.8 Å². The fourth-order valence-electron chi connectivity index (χ4n) is 2.55. The molecule has 3 aromatic rings. The quantitative estimate of drug-likeness (QED) is 0.733. The highest BCUT2D eigenvalue weighted by molar-refractivity contribution is 6.31. The van der Waals surface area contributed by atoms with Crippen LogP contribution < -0.4 is 5.32 Å². The van der Waals surface area contributed by atoms with E-state index in [1.165, 1.54) is 0 Å². The molecule has 3 rings (SSSR count). The van der Waals surface area contributed by atoms with Crippen LogP contribution in [-0.4, -0.2) is 37.2 Å². The van der Waals surface area contributed by atoms with Crippen molar-refractivity contribution < 1.29 is 4.79 Å². The van der Waals surface area contributed by atoms with E-state index in [1.54, 1.807) is 10.9 Å². The van der Waals surface area contributed by atoms with Gasteiger partial charge in [-0.05, 0) is 31.5 Å². The molecule has 1 amide bonds. The highest BCUT2D eigenvalue weighted by Crippen LogP contribution is 2.15. The molecule has 0 radical (unpaired) electrons. The Morgan fingerprint density at radius 3 is 2.80 bits per heavy atom. The van der Waals surface area contributed by atoms with Crippen molar-refractivity contribution in [2.24, 2.45) is 0 Å². The van der Waals surface area contributed by atoms with Gasteiger partial charge < -0.3 is 5.32 Å². The van der Waals surface area contributed by atoms with Gasteiger partial charge in [-0.2, -0.15) is 5.10 Å². The molecule has 25 heavy (non-hydrogen) atoms. The van der Waals surface area contributed by atoms with Crippen LogP contribution in [-0.2, 0) is 13.1 Å². The predicted octanol–water partition coefficient (Wildman–Crippen LogP) is 2.22. The largest absolute Gasteiger partial charge is 0.349 e. The third-order valence-electron chi connectivity index (χ3n) is 3.77. The number of aromatic nitrogens is 5. The third-order valence-corrected chi connectivity index (χ3v) is 4.14. The Kier molecular flexibility index (Phi) is 5.14. The number of hydrogen-bond donors (Lipinski definition) is 1. The molecular formula is C17H19ClN6O. The zero-order chi connectivity index (χ0) is 17.8. The van der Waals surface area contributed by atoms with Crippen molar-refractivity contribution in [3.05, 3.63) is 64.2 Å². The van der Waals surface area contributed by atoms with Crippen LogP contribution in [0.1, 0.15) is 27.4 Å². The maximum absolute atomic E-state index is 12.2. The van der Waals surface area contributed by atoms with Gasteiger partial charge in [0.2, 0.25) is 0 Å². The monoisotopic (exact) mass is 358 g/mol. The van der Waals surface area contributed by atoms with Crippen molar-refractivity contribution in [1.82, 2.24) is 30.1 Å². The molecule has 0 aliphatic carbocycles. The average Bonchev–Trinajstić information content (AvgIpc) is 3.16. The van der Waals surface area contributed by atoms with Crippen LogP contribution in [0.2, 0.25) is 5.02 Å². The number of benzene rings is 1. The number of halogens is 1. The summed E-state index contributed by atoms with van der Waals surface area (Å²) in [7, 11) is 0. The normalized spacial score (nSPS) is 10.8. The molecule has 7 nitrogen and oxygen atoms in total. The molecule has 1 N–H and O–H groups in total. The number of carbonyl (C=O) groups excluding carboxylic acids is 1. The second kappa shape index (κ2) is 7.48. The van der Waals surface area contributed by atoms with Crippen LogP contribution in [0.25, 0.3) is 0 Å². The van der Waals surface area contributed by atoms with Crippen molar-refractivity contribution in [2.75, 3.05) is 6.54 Å². The van der Waals surface area contributed by atoms with Gasteiger partial charge in [-0.3, -0.25) is 9.48 Å². The van der Waals surface area contributed by atoms with Gasteiger partial charge in [-0.25, -0.2) is 4.68 Å². The fourth-order valence-corrected chi connectivity index (χ4v) is 2.74. The Morgan fingerprint density at radius 2 is 2.08 bits per heavy atom. The Balaban J connectivity index is 1.55. The van der Waals surface area contributed by atoms with Gasteiger partial charge in [0.1, 0.15) is 0 Å². The van der Waals surface area contributed by atoms with Crippen molar-refractivity contribution in [2.45, 2.75) is 26.9 Å². The fraction of sp³-hybridized carbons (Fsp3) is 0.294. The molecule has 0 fully saturated rings. The van der Waals surface area contributed by atoms with E-state index in [-0.39, 0.29) is 11.6 Å². The first-order chi connectivity index (χ1) is 12.0. The van der Waals surface area contributed by atoms with Crippen molar-refractivity contribution in [1.29, 1.82) is 0 Å². The van der Waals surface area contributed by atoms with Gasteiger partial charge in [0.25, 0.3) is 5.91 Å². The molecule has 130 valence electrons. The Morgan fingerprint density at radius 1 is 1.28 bits per heavy atom. The Bertz CT molecular complexity index is 885. The van der Waals surface area contributed by atoms with Crippen LogP contribution >= 0.6 is 11.6 Å². The summed E-state index contributed by atoms with van der Waals surface area (Å²) in [5, 5.41) is 15.8. The van der Waals surface area contributed by atoms with E-state index in [4.69, 9.17) is 11.6 Å². The SMILES string of the molecule is Cc1cc(C)n(CCNC(=O)c2cn(Cc3ccccc3Cl)nn2)n1. The summed E-state index contributed by atoms with van der Waals surface area (Å²) in [5.74, 6) is -0.257. The molecule has 8 heteroatoms. The molecule has 0 unspecified atom stereocenters. The summed E-state index contributed by atoms with van der Waals surface area (Å²) < 4.78 is 3.46. The summed E-state index contributed by atoms with van der Waals surface area (Å²) in [4.78, 5) is 12.2. The highest BCUT2D eigenvalue weighted by Gasteiger charge is 2.11. The minimum Gasteiger partial charge on any atom is -0.349 e. The van der Waals surface area contributed by atoms with Gasteiger partial charge in [0.05, 0.1) is 25.0 Å². The number of aryl methyl sites for hydroxylation is 2. The number of hydrogen-bond acceptors (Lipinski definition) is 4. The minimum absolute atomic E-state index is 0.257. The van der Waals surface area contributed by atoms with Crippen molar-refractivity contribution in [3.8, 4) is 0 Å². The number of nitrogens with one attached hydrogen (secondary N) is 1. The number of rotatable bonds is 6. The van der Waals surface area contributed by atoms with Crippen LogP contribution in [0.5, 0.6) is 0 Å². The van der Waals surface area contributed by atoms with E-state index in [9.17, 15) is 4.79 Å². The summed E-state index contributed by atoms with van der Waals surface area (Å²) in [5.41, 5.74) is 3.23. The third kappa shape index (κ3) is 4.24. The van der Waals surface area contributed by atoms with E-state index < -0.39 is 0 Å². The molecule has 0 saturated carbocycles. The first-order valence-electron chi connectivity index (χ1n) is 7.96. The van der Waals surface area contributed by atoms with E-state index in [2.05, 4.69) is 20.7 Å². The van der Waals surface area contributed by atoms with Gasteiger partial charge in [0.15, 0.2) is 5.69 Å². The summed E-state index contributed by atoms with van der Waals surface area (Å²) in [6.07, 6.45) is 1.61. The lowest BCUT2D eigenvalue weighted by Gasteiger charge is -2.05. The summed E-state index contributed by atoms with van der Waals surface area (Å²) in [6, 6.07) is 9.51. The van der Waals surface area contributed by atoms with Gasteiger partial charge in [-0.15, -0.1) is 5.10 Å². The van der Waals surface area contributed by atoms with Crippen LogP contribution in [0.3, 0.4) is 0 Å². The Hall–Kier alpha value is -2.67. The van der Waals surface area contributed by atoms with Crippen molar-refractivity contribution >= 4 is 17.5 Å². The summed E-state index contributed by atoms with van der Waals surface area (Å²) in [6.45, 7) is 5.48. The maximum Gasteiger partial charge on any atom is 0.273 e. The van der Waals surface area contributed by atoms with Crippen LogP contribution in [0.4, 0.5) is 0 Å². The smallest absolute Gasteiger partial charge is 0.273 e. The molecule has 0 aliphatic rings. The number of nitrogens with zero attached hydrogens (tertiary/aromatic N) is 5. The van der Waals surface area contributed by atoms with E-state index >= 15 is 0 Å². The maximum atomic E-state index is 12.2. The first-order valence-corrected chi connectivity index (χ1v) is 8.33. The lowest BCUT2D eigenvalue weighted by Crippen LogP contribution is -2.28. The van der Waals surface area contributed by atoms with E-state index in [0.717, 1.165) is 17.0 Å². The van der Waals surface area contributed by atoms with Gasteiger partial charge in [0, 0.05) is 17.3 Å². The number of carbonyl (C=O) groups is 1. The lowest BCUT2D eigenvalue weighted by molar-refractivity contribution is 0.0946. The molecular weight excluding hydrogens is 340 g/mol. The zero-order valence-corrected chi connectivity index (χ0v) is 14.9. The summed E-state index contributed by atoms with van der Waals surface area (Å²) >= 11 is 6.14. The molecule has 2 aromatic heterocycles. The molecule has 0 saturated heterocycles. The second-order valence-electron chi connectivity index (χ2n) is 5.80. The Labute approximate surface area is 150 Å². The molecule has 0 spiro atoms. The number of amides is 1. The standard InChI is InChI=1S/C17H19ClN6O/c1-12-9-13(2)24(21-12)8-7-19-17(25)16-11-23(22-20-16)10-14-5-3-4-6-15(14)18/h3-6,9,11H,7-8,10H2,1-2H3,(H,19,25). The molecule has 0 bridgehead atoms. The van der Waals surface area contributed by atoms with Crippen molar-refractivity contribution in [3.63, 3.8) is 0 Å².